The molecule has 0 saturated heterocycles. The van der Waals surface area contributed by atoms with Gasteiger partial charge in [0.25, 0.3) is 0 Å². The monoisotopic (exact) mass is 202 g/mol. The van der Waals surface area contributed by atoms with Gasteiger partial charge in [-0.05, 0) is 44.4 Å². The third kappa shape index (κ3) is 3.32. The Kier molecular flexibility index (Phi) is 4.27. The van der Waals surface area contributed by atoms with E-state index in [0.29, 0.717) is 5.92 Å². The maximum atomic E-state index is 9.76. The Hall–Kier alpha value is -0.0100. The minimum Gasteiger partial charge on any atom is -0.393 e. The van der Waals surface area contributed by atoms with Gasteiger partial charge >= 0.3 is 0 Å². The van der Waals surface area contributed by atoms with Crippen LogP contribution in [0.4, 0.5) is 0 Å². The van der Waals surface area contributed by atoms with Gasteiger partial charge in [0.05, 0.1) is 6.10 Å². The summed E-state index contributed by atoms with van der Waals surface area (Å²) in [6.07, 6.45) is 4.11. The lowest BCUT2D eigenvalue weighted by molar-refractivity contribution is 0.0520. The van der Waals surface area contributed by atoms with E-state index in [1.54, 1.807) is 5.54 Å². The van der Waals surface area contributed by atoms with E-state index >= 15 is 0 Å². The quantitative estimate of drug-likeness (QED) is 0.729. The Morgan fingerprint density at radius 2 is 2.23 bits per heavy atom. The molecule has 0 aromatic heterocycles. The van der Waals surface area contributed by atoms with E-state index in [1.165, 1.54) is 12.0 Å². The molecule has 76 valence electrons. The van der Waals surface area contributed by atoms with Crippen molar-refractivity contribution in [2.45, 2.75) is 45.6 Å². The van der Waals surface area contributed by atoms with Gasteiger partial charge in [0.2, 0.25) is 0 Å². The highest BCUT2D eigenvalue weighted by atomic mass is 35.5. The summed E-state index contributed by atoms with van der Waals surface area (Å²) in [4.78, 5) is 0. The number of allylic oxidation sites excluding steroid dienone is 1. The van der Waals surface area contributed by atoms with E-state index in [0.717, 1.165) is 25.2 Å². The van der Waals surface area contributed by atoms with Crippen LogP contribution in [0.1, 0.15) is 39.5 Å². The third-order valence-electron chi connectivity index (χ3n) is 2.97. The lowest BCUT2D eigenvalue weighted by atomic mass is 9.78. The first-order chi connectivity index (χ1) is 6.13. The predicted molar refractivity (Wildman–Crippen MR) is 56.7 cm³/mol. The molecule has 1 nitrogen and oxygen atoms in total. The summed E-state index contributed by atoms with van der Waals surface area (Å²) in [5.74, 6) is 1.19. The second-order valence-electron chi connectivity index (χ2n) is 4.41. The van der Waals surface area contributed by atoms with Crippen LogP contribution in [0.15, 0.2) is 11.1 Å². The van der Waals surface area contributed by atoms with Crippen molar-refractivity contribution in [1.82, 2.24) is 0 Å². The number of aliphatic hydroxyl groups excluding tert-OH is 1. The molecular weight excluding hydrogens is 184 g/mol. The molecule has 3 unspecified atom stereocenters. The summed E-state index contributed by atoms with van der Waals surface area (Å²) in [6.45, 7) is 4.29. The molecule has 0 bridgehead atoms. The van der Waals surface area contributed by atoms with Crippen LogP contribution in [0.25, 0.3) is 0 Å². The zero-order chi connectivity index (χ0) is 9.84. The molecule has 1 saturated carbocycles. The molecule has 1 N–H and O–H groups in total. The molecule has 1 aliphatic carbocycles. The number of aliphatic hydroxyl groups is 1. The summed E-state index contributed by atoms with van der Waals surface area (Å²) < 4.78 is 0. The van der Waals surface area contributed by atoms with E-state index in [4.69, 9.17) is 11.6 Å². The van der Waals surface area contributed by atoms with E-state index in [-0.39, 0.29) is 6.10 Å². The van der Waals surface area contributed by atoms with Crippen molar-refractivity contribution < 1.29 is 5.11 Å². The smallest absolute Gasteiger partial charge is 0.0571 e. The average Bonchev–Trinajstić information content (AvgIpc) is 2.11. The fourth-order valence-electron chi connectivity index (χ4n) is 2.16. The lowest BCUT2D eigenvalue weighted by Gasteiger charge is -2.31. The van der Waals surface area contributed by atoms with E-state index < -0.39 is 0 Å². The molecule has 2 heteroatoms. The summed E-state index contributed by atoms with van der Waals surface area (Å²) in [5.41, 5.74) is 2.81. The fraction of sp³-hybridized carbons (Fsp3) is 0.818. The van der Waals surface area contributed by atoms with Gasteiger partial charge in [0.15, 0.2) is 0 Å². The molecule has 0 spiro atoms. The first kappa shape index (κ1) is 11.1. The normalized spacial score (nSPS) is 36.3. The summed E-state index contributed by atoms with van der Waals surface area (Å²) in [6, 6.07) is 0. The van der Waals surface area contributed by atoms with Crippen molar-refractivity contribution in [1.29, 1.82) is 0 Å². The van der Waals surface area contributed by atoms with Crippen molar-refractivity contribution in [3.63, 3.8) is 0 Å². The van der Waals surface area contributed by atoms with Crippen LogP contribution < -0.4 is 0 Å². The maximum Gasteiger partial charge on any atom is 0.0571 e. The van der Waals surface area contributed by atoms with Gasteiger partial charge in [-0.2, -0.15) is 0 Å². The van der Waals surface area contributed by atoms with Gasteiger partial charge in [-0.3, -0.25) is 0 Å². The topological polar surface area (TPSA) is 20.2 Å². The molecule has 13 heavy (non-hydrogen) atoms. The molecule has 0 aromatic rings. The molecule has 0 radical (unpaired) electrons. The Bertz CT molecular complexity index is 189. The highest BCUT2D eigenvalue weighted by molar-refractivity contribution is 6.25. The number of rotatable bonds is 2. The molecule has 1 rings (SSSR count). The van der Waals surface area contributed by atoms with Gasteiger partial charge in [-0.15, -0.1) is 0 Å². The summed E-state index contributed by atoms with van der Waals surface area (Å²) in [5, 5.41) is 9.76. The second kappa shape index (κ2) is 5.02. The molecular formula is C11H19ClO. The van der Waals surface area contributed by atoms with E-state index in [2.05, 4.69) is 6.92 Å². The van der Waals surface area contributed by atoms with Crippen molar-refractivity contribution >= 4 is 11.6 Å². The van der Waals surface area contributed by atoms with Crippen LogP contribution in [-0.4, -0.2) is 11.2 Å². The van der Waals surface area contributed by atoms with Crippen LogP contribution in [0, 0.1) is 11.8 Å². The summed E-state index contributed by atoms with van der Waals surface area (Å²) >= 11 is 5.61. The average molecular weight is 203 g/mol. The zero-order valence-electron chi connectivity index (χ0n) is 8.46. The van der Waals surface area contributed by atoms with Crippen LogP contribution >= 0.6 is 11.6 Å². The van der Waals surface area contributed by atoms with Crippen molar-refractivity contribution in [3.8, 4) is 0 Å². The maximum absolute atomic E-state index is 9.76. The standard InChI is InChI=1S/C11H19ClO/c1-8-3-4-11(13)10(5-8)6-9(2)7-12/h7-8,10-11,13H,3-6H2,1-2H3. The largest absolute Gasteiger partial charge is 0.393 e. The fourth-order valence-corrected chi connectivity index (χ4v) is 2.25. The Morgan fingerprint density at radius 1 is 1.54 bits per heavy atom. The molecule has 0 heterocycles. The molecule has 0 aromatic carbocycles. The van der Waals surface area contributed by atoms with Crippen LogP contribution in [0.3, 0.4) is 0 Å². The van der Waals surface area contributed by atoms with E-state index in [1.807, 2.05) is 6.92 Å². The van der Waals surface area contributed by atoms with Gasteiger partial charge in [-0.25, -0.2) is 0 Å². The molecule has 0 amide bonds. The number of hydrogen-bond acceptors (Lipinski definition) is 1. The number of halogens is 1. The molecule has 0 aliphatic heterocycles. The minimum absolute atomic E-state index is 0.109. The number of hydrogen-bond donors (Lipinski definition) is 1. The first-order valence-electron chi connectivity index (χ1n) is 5.07. The molecule has 1 fully saturated rings. The lowest BCUT2D eigenvalue weighted by Crippen LogP contribution is -2.28. The minimum atomic E-state index is -0.109. The van der Waals surface area contributed by atoms with Crippen LogP contribution in [0.2, 0.25) is 0 Å². The van der Waals surface area contributed by atoms with E-state index in [9.17, 15) is 5.11 Å². The second-order valence-corrected chi connectivity index (χ2v) is 4.62. The Morgan fingerprint density at radius 3 is 2.85 bits per heavy atom. The van der Waals surface area contributed by atoms with Gasteiger partial charge in [0.1, 0.15) is 0 Å². The SMILES string of the molecule is CC(=CCl)CC1CC(C)CCC1O. The van der Waals surface area contributed by atoms with Crippen molar-refractivity contribution in [2.75, 3.05) is 0 Å². The predicted octanol–water partition coefficient (Wildman–Crippen LogP) is 3.32. The Balaban J connectivity index is 2.46. The van der Waals surface area contributed by atoms with Crippen molar-refractivity contribution in [2.24, 2.45) is 11.8 Å². The highest BCUT2D eigenvalue weighted by Gasteiger charge is 2.26. The van der Waals surface area contributed by atoms with Crippen molar-refractivity contribution in [3.05, 3.63) is 11.1 Å². The zero-order valence-corrected chi connectivity index (χ0v) is 9.22. The van der Waals surface area contributed by atoms with Gasteiger partial charge in [0, 0.05) is 5.54 Å². The van der Waals surface area contributed by atoms with Gasteiger partial charge in [-0.1, -0.05) is 24.1 Å². The Labute approximate surface area is 85.8 Å². The summed E-state index contributed by atoms with van der Waals surface area (Å²) in [7, 11) is 0. The highest BCUT2D eigenvalue weighted by Crippen LogP contribution is 2.32. The van der Waals surface area contributed by atoms with Crippen LogP contribution in [-0.2, 0) is 0 Å². The third-order valence-corrected chi connectivity index (χ3v) is 3.35. The molecule has 3 atom stereocenters. The van der Waals surface area contributed by atoms with Crippen LogP contribution in [0.5, 0.6) is 0 Å². The van der Waals surface area contributed by atoms with Gasteiger partial charge < -0.3 is 5.11 Å². The first-order valence-corrected chi connectivity index (χ1v) is 5.51. The molecule has 1 aliphatic rings.